The van der Waals surface area contributed by atoms with Crippen LogP contribution in [0.25, 0.3) is 11.3 Å². The molecule has 0 radical (unpaired) electrons. The number of benzene rings is 2. The van der Waals surface area contributed by atoms with Gasteiger partial charge in [0, 0.05) is 5.56 Å². The van der Waals surface area contributed by atoms with E-state index in [1.807, 2.05) is 6.07 Å². The van der Waals surface area contributed by atoms with Crippen LogP contribution in [-0.2, 0) is 6.61 Å². The van der Waals surface area contributed by atoms with E-state index < -0.39 is 0 Å². The van der Waals surface area contributed by atoms with Crippen LogP contribution in [0.2, 0.25) is 0 Å². The highest BCUT2D eigenvalue weighted by Crippen LogP contribution is 2.33. The van der Waals surface area contributed by atoms with Crippen molar-refractivity contribution < 1.29 is 9.13 Å². The van der Waals surface area contributed by atoms with E-state index in [2.05, 4.69) is 9.97 Å². The average Bonchev–Trinajstić information content (AvgIpc) is 2.61. The van der Waals surface area contributed by atoms with E-state index in [0.717, 1.165) is 5.56 Å². The summed E-state index contributed by atoms with van der Waals surface area (Å²) in [5.41, 5.74) is 13.2. The molecular weight excluding hydrogens is 321 g/mol. The third-order valence-corrected chi connectivity index (χ3v) is 3.52. The van der Waals surface area contributed by atoms with Gasteiger partial charge >= 0.3 is 0 Å². The Bertz CT molecular complexity index is 951. The number of nitrogens with zero attached hydrogens (tertiary/aromatic N) is 3. The highest BCUT2D eigenvalue weighted by atomic mass is 19.1. The lowest BCUT2D eigenvalue weighted by molar-refractivity contribution is 0.307. The van der Waals surface area contributed by atoms with Gasteiger partial charge in [-0.15, -0.1) is 0 Å². The minimum atomic E-state index is -0.310. The van der Waals surface area contributed by atoms with E-state index in [4.69, 9.17) is 16.2 Å². The molecule has 0 amide bonds. The minimum absolute atomic E-state index is 0.0123. The van der Waals surface area contributed by atoms with Gasteiger partial charge in [-0.2, -0.15) is 10.2 Å². The van der Waals surface area contributed by atoms with E-state index in [1.165, 1.54) is 12.1 Å². The second kappa shape index (κ2) is 6.84. The number of halogens is 1. The van der Waals surface area contributed by atoms with E-state index in [1.54, 1.807) is 36.4 Å². The summed E-state index contributed by atoms with van der Waals surface area (Å²) in [6, 6.07) is 15.1. The van der Waals surface area contributed by atoms with Crippen LogP contribution in [0.1, 0.15) is 11.1 Å². The molecular formula is C18H14FN5O. The minimum Gasteiger partial charge on any atom is -0.488 e. The lowest BCUT2D eigenvalue weighted by Gasteiger charge is -2.13. The Morgan fingerprint density at radius 1 is 1.04 bits per heavy atom. The van der Waals surface area contributed by atoms with Crippen LogP contribution in [0.5, 0.6) is 5.75 Å². The molecule has 0 aliphatic heterocycles. The van der Waals surface area contributed by atoms with E-state index in [9.17, 15) is 9.65 Å². The third-order valence-electron chi connectivity index (χ3n) is 3.52. The quantitative estimate of drug-likeness (QED) is 0.758. The molecule has 6 nitrogen and oxygen atoms in total. The fourth-order valence-corrected chi connectivity index (χ4v) is 2.33. The molecule has 2 aromatic carbocycles. The van der Waals surface area contributed by atoms with Crippen molar-refractivity contribution in [1.82, 2.24) is 9.97 Å². The van der Waals surface area contributed by atoms with Gasteiger partial charge < -0.3 is 16.2 Å². The van der Waals surface area contributed by atoms with Crippen LogP contribution >= 0.6 is 0 Å². The zero-order valence-corrected chi connectivity index (χ0v) is 13.1. The fraction of sp³-hybridized carbons (Fsp3) is 0.0556. The summed E-state index contributed by atoms with van der Waals surface area (Å²) in [6.45, 7) is 0.231. The number of para-hydroxylation sites is 1. The molecule has 0 saturated heterocycles. The predicted molar refractivity (Wildman–Crippen MR) is 91.7 cm³/mol. The van der Waals surface area contributed by atoms with Crippen LogP contribution in [-0.4, -0.2) is 9.97 Å². The molecule has 0 aliphatic carbocycles. The first kappa shape index (κ1) is 16.2. The van der Waals surface area contributed by atoms with Crippen molar-refractivity contribution in [2.24, 2.45) is 0 Å². The largest absolute Gasteiger partial charge is 0.488 e. The number of aromatic nitrogens is 2. The molecule has 0 atom stereocenters. The van der Waals surface area contributed by atoms with Crippen molar-refractivity contribution in [3.8, 4) is 23.1 Å². The van der Waals surface area contributed by atoms with Gasteiger partial charge in [-0.05, 0) is 29.8 Å². The molecule has 3 rings (SSSR count). The lowest BCUT2D eigenvalue weighted by atomic mass is 10.1. The van der Waals surface area contributed by atoms with Crippen LogP contribution in [0.3, 0.4) is 0 Å². The standard InChI is InChI=1S/C18H14FN5O/c19-12-7-5-11(6-8-12)10-25-15-4-2-1-3-13(15)16-14(9-20)17(21)24-18(22)23-16/h1-8H,10H2,(H4,21,22,23,24). The molecule has 1 aromatic heterocycles. The van der Waals surface area contributed by atoms with E-state index >= 15 is 0 Å². The first-order valence-electron chi connectivity index (χ1n) is 7.38. The second-order valence-corrected chi connectivity index (χ2v) is 5.21. The van der Waals surface area contributed by atoms with Gasteiger partial charge in [-0.1, -0.05) is 24.3 Å². The average molecular weight is 335 g/mol. The number of nitrogens with two attached hydrogens (primary N) is 2. The summed E-state index contributed by atoms with van der Waals surface area (Å²) >= 11 is 0. The summed E-state index contributed by atoms with van der Waals surface area (Å²) in [6.07, 6.45) is 0. The van der Waals surface area contributed by atoms with Gasteiger partial charge in [0.15, 0.2) is 0 Å². The number of anilines is 2. The molecule has 1 heterocycles. The number of nitriles is 1. The fourth-order valence-electron chi connectivity index (χ4n) is 2.33. The number of rotatable bonds is 4. The smallest absolute Gasteiger partial charge is 0.222 e. The van der Waals surface area contributed by atoms with Crippen molar-refractivity contribution in [3.63, 3.8) is 0 Å². The molecule has 25 heavy (non-hydrogen) atoms. The van der Waals surface area contributed by atoms with Gasteiger partial charge in [0.25, 0.3) is 0 Å². The highest BCUT2D eigenvalue weighted by Gasteiger charge is 2.16. The maximum atomic E-state index is 13.0. The summed E-state index contributed by atoms with van der Waals surface area (Å²) in [4.78, 5) is 7.94. The first-order chi connectivity index (χ1) is 12.1. The molecule has 0 saturated carbocycles. The molecule has 7 heteroatoms. The van der Waals surface area contributed by atoms with Crippen LogP contribution in [0.4, 0.5) is 16.2 Å². The molecule has 4 N–H and O–H groups in total. The topological polar surface area (TPSA) is 111 Å². The molecule has 0 unspecified atom stereocenters. The maximum Gasteiger partial charge on any atom is 0.222 e. The zero-order chi connectivity index (χ0) is 17.8. The Kier molecular flexibility index (Phi) is 4.44. The molecule has 124 valence electrons. The van der Waals surface area contributed by atoms with Crippen molar-refractivity contribution >= 4 is 11.8 Å². The summed E-state index contributed by atoms with van der Waals surface area (Å²) < 4.78 is 18.8. The number of nitrogen functional groups attached to an aromatic ring is 2. The number of hydrogen-bond acceptors (Lipinski definition) is 6. The number of hydrogen-bond donors (Lipinski definition) is 2. The maximum absolute atomic E-state index is 13.0. The third kappa shape index (κ3) is 3.48. The van der Waals surface area contributed by atoms with Gasteiger partial charge in [0.1, 0.15) is 35.6 Å². The van der Waals surface area contributed by atoms with E-state index in [-0.39, 0.29) is 29.8 Å². The van der Waals surface area contributed by atoms with Crippen LogP contribution < -0.4 is 16.2 Å². The predicted octanol–water partition coefficient (Wildman–Crippen LogP) is 2.90. The Labute approximate surface area is 143 Å². The second-order valence-electron chi connectivity index (χ2n) is 5.21. The zero-order valence-electron chi connectivity index (χ0n) is 13.1. The SMILES string of the molecule is N#Cc1c(N)nc(N)nc1-c1ccccc1OCc1ccc(F)cc1. The van der Waals surface area contributed by atoms with Crippen molar-refractivity contribution in [2.45, 2.75) is 6.61 Å². The first-order valence-corrected chi connectivity index (χ1v) is 7.38. The monoisotopic (exact) mass is 335 g/mol. The van der Waals surface area contributed by atoms with Gasteiger partial charge in [-0.3, -0.25) is 0 Å². The van der Waals surface area contributed by atoms with Crippen molar-refractivity contribution in [3.05, 3.63) is 65.5 Å². The molecule has 3 aromatic rings. The Balaban J connectivity index is 1.97. The molecule has 0 spiro atoms. The highest BCUT2D eigenvalue weighted by molar-refractivity contribution is 5.77. The summed E-state index contributed by atoms with van der Waals surface area (Å²) in [7, 11) is 0. The normalized spacial score (nSPS) is 10.2. The Morgan fingerprint density at radius 2 is 1.76 bits per heavy atom. The van der Waals surface area contributed by atoms with Crippen molar-refractivity contribution in [1.29, 1.82) is 5.26 Å². The molecule has 0 fully saturated rings. The van der Waals surface area contributed by atoms with Crippen LogP contribution in [0.15, 0.2) is 48.5 Å². The lowest BCUT2D eigenvalue weighted by Crippen LogP contribution is -2.06. The molecule has 0 aliphatic rings. The van der Waals surface area contributed by atoms with Gasteiger partial charge in [-0.25, -0.2) is 9.37 Å². The number of ether oxygens (including phenoxy) is 1. The van der Waals surface area contributed by atoms with E-state index in [0.29, 0.717) is 17.0 Å². The van der Waals surface area contributed by atoms with Crippen LogP contribution in [0, 0.1) is 17.1 Å². The van der Waals surface area contributed by atoms with Gasteiger partial charge in [0.2, 0.25) is 5.95 Å². The summed E-state index contributed by atoms with van der Waals surface area (Å²) in [5, 5.41) is 9.35. The van der Waals surface area contributed by atoms with Gasteiger partial charge in [0.05, 0.1) is 5.69 Å². The Morgan fingerprint density at radius 3 is 2.48 bits per heavy atom. The Hall–Kier alpha value is -3.66. The summed E-state index contributed by atoms with van der Waals surface area (Å²) in [5.74, 6) is 0.175. The molecule has 0 bridgehead atoms. The van der Waals surface area contributed by atoms with Crippen molar-refractivity contribution in [2.75, 3.05) is 11.5 Å².